The highest BCUT2D eigenvalue weighted by Gasteiger charge is 2.21. The fourth-order valence-corrected chi connectivity index (χ4v) is 1.73. The molecule has 0 aromatic carbocycles. The molecule has 2 amide bonds. The number of carbonyl (C=O) groups is 3. The minimum absolute atomic E-state index is 0.206. The van der Waals surface area contributed by atoms with Gasteiger partial charge in [-0.2, -0.15) is 0 Å². The van der Waals surface area contributed by atoms with Gasteiger partial charge in [0.25, 0.3) is 0 Å². The fraction of sp³-hybridized carbons (Fsp3) is 0.750. The number of carbonyl (C=O) groups excluding carboxylic acids is 1. The molecule has 9 N–H and O–H groups in total. The number of primary amides is 1. The summed E-state index contributed by atoms with van der Waals surface area (Å²) in [6.45, 7) is 0.726. The lowest BCUT2D eigenvalue weighted by Gasteiger charge is -2.19. The summed E-state index contributed by atoms with van der Waals surface area (Å²) in [5, 5.41) is 20.5. The zero-order valence-corrected chi connectivity index (χ0v) is 12.4. The van der Waals surface area contributed by atoms with Crippen molar-refractivity contribution in [3.05, 3.63) is 0 Å². The maximum Gasteiger partial charge on any atom is 0.322 e. The predicted octanol–water partition coefficient (Wildman–Crippen LogP) is -1.44. The van der Waals surface area contributed by atoms with Crippen LogP contribution in [0, 0.1) is 0 Å². The number of unbranched alkanes of at least 4 members (excludes halogenated alkanes) is 1. The number of nitrogens with one attached hydrogen (secondary N) is 3. The highest BCUT2D eigenvalue weighted by atomic mass is 16.4. The van der Waals surface area contributed by atoms with Gasteiger partial charge in [0.2, 0.25) is 0 Å². The molecule has 0 heterocycles. The maximum atomic E-state index is 11.1. The molecule has 0 aromatic rings. The minimum atomic E-state index is -1.11. The number of amides is 2. The van der Waals surface area contributed by atoms with Crippen molar-refractivity contribution in [2.75, 3.05) is 13.1 Å². The Morgan fingerprint density at radius 3 is 1.82 bits per heavy atom. The molecule has 0 aromatic heterocycles. The Hall–Kier alpha value is -1.91. The second-order valence-electron chi connectivity index (χ2n) is 4.79. The smallest absolute Gasteiger partial charge is 0.322 e. The number of hydrogen-bond donors (Lipinski definition) is 7. The first-order valence-corrected chi connectivity index (χ1v) is 7.08. The Kier molecular flexibility index (Phi) is 10.7. The molecule has 0 aliphatic carbocycles. The van der Waals surface area contributed by atoms with E-state index in [1.165, 1.54) is 0 Å². The number of carboxylic acids is 2. The summed E-state index contributed by atoms with van der Waals surface area (Å²) in [4.78, 5) is 32.6. The van der Waals surface area contributed by atoms with Crippen molar-refractivity contribution in [1.82, 2.24) is 16.2 Å². The van der Waals surface area contributed by atoms with Gasteiger partial charge < -0.3 is 27.0 Å². The van der Waals surface area contributed by atoms with Crippen LogP contribution in [0.15, 0.2) is 0 Å². The molecule has 22 heavy (non-hydrogen) atoms. The third kappa shape index (κ3) is 9.91. The van der Waals surface area contributed by atoms with E-state index >= 15 is 0 Å². The van der Waals surface area contributed by atoms with Gasteiger partial charge in [-0.1, -0.05) is 0 Å². The van der Waals surface area contributed by atoms with E-state index in [-0.39, 0.29) is 13.0 Å². The van der Waals surface area contributed by atoms with Gasteiger partial charge in [0.1, 0.15) is 12.1 Å². The number of carboxylic acid groups (broad SMARTS) is 2. The van der Waals surface area contributed by atoms with Gasteiger partial charge in [0.05, 0.1) is 0 Å². The van der Waals surface area contributed by atoms with Crippen LogP contribution in [0.4, 0.5) is 4.79 Å². The van der Waals surface area contributed by atoms with Crippen molar-refractivity contribution in [3.63, 3.8) is 0 Å². The molecule has 0 saturated heterocycles. The molecular formula is C12H25N5O5. The number of hydrazine groups is 1. The van der Waals surface area contributed by atoms with Crippen molar-refractivity contribution >= 4 is 18.0 Å². The van der Waals surface area contributed by atoms with Crippen LogP contribution in [-0.2, 0) is 9.59 Å². The fourth-order valence-electron chi connectivity index (χ4n) is 1.73. The van der Waals surface area contributed by atoms with Crippen LogP contribution in [0.1, 0.15) is 32.1 Å². The molecule has 0 bridgehead atoms. The van der Waals surface area contributed by atoms with E-state index in [1.54, 1.807) is 0 Å². The summed E-state index contributed by atoms with van der Waals surface area (Å²) in [7, 11) is 0. The van der Waals surface area contributed by atoms with E-state index in [9.17, 15) is 14.4 Å². The zero-order valence-electron chi connectivity index (χ0n) is 12.4. The summed E-state index contributed by atoms with van der Waals surface area (Å²) in [6.07, 6.45) is 2.27. The SMILES string of the molecule is NCCCC[C@H](NN[C@@H](CCCNC(N)=O)C(=O)O)C(=O)O. The van der Waals surface area contributed by atoms with Crippen molar-refractivity contribution < 1.29 is 24.6 Å². The summed E-state index contributed by atoms with van der Waals surface area (Å²) >= 11 is 0. The van der Waals surface area contributed by atoms with Gasteiger partial charge in [-0.3, -0.25) is 9.59 Å². The molecule has 0 fully saturated rings. The molecule has 0 rings (SSSR count). The Balaban J connectivity index is 4.20. The van der Waals surface area contributed by atoms with Gasteiger partial charge in [-0.25, -0.2) is 15.6 Å². The van der Waals surface area contributed by atoms with E-state index < -0.39 is 30.1 Å². The molecule has 0 aliphatic heterocycles. The molecule has 0 unspecified atom stereocenters. The first-order chi connectivity index (χ1) is 10.4. The summed E-state index contributed by atoms with van der Waals surface area (Å²) < 4.78 is 0. The molecule has 0 saturated carbocycles. The van der Waals surface area contributed by atoms with E-state index in [4.69, 9.17) is 21.7 Å². The second-order valence-corrected chi connectivity index (χ2v) is 4.79. The summed E-state index contributed by atoms with van der Waals surface area (Å²) in [5.74, 6) is -2.18. The first kappa shape index (κ1) is 20.1. The molecule has 10 heteroatoms. The Bertz CT molecular complexity index is 366. The van der Waals surface area contributed by atoms with E-state index in [2.05, 4.69) is 16.2 Å². The van der Waals surface area contributed by atoms with Crippen LogP contribution in [0.5, 0.6) is 0 Å². The minimum Gasteiger partial charge on any atom is -0.480 e. The third-order valence-corrected chi connectivity index (χ3v) is 2.94. The number of nitrogens with two attached hydrogens (primary N) is 2. The highest BCUT2D eigenvalue weighted by Crippen LogP contribution is 2.01. The predicted molar refractivity (Wildman–Crippen MR) is 78.8 cm³/mol. The highest BCUT2D eigenvalue weighted by molar-refractivity contribution is 5.74. The Morgan fingerprint density at radius 1 is 0.909 bits per heavy atom. The lowest BCUT2D eigenvalue weighted by atomic mass is 10.1. The van der Waals surface area contributed by atoms with Gasteiger partial charge in [0.15, 0.2) is 0 Å². The standard InChI is InChI=1S/C12H25N5O5/c13-6-2-1-4-8(10(18)19)16-17-9(11(20)21)5-3-7-15-12(14)22/h8-9,16-17H,1-7,13H2,(H,18,19)(H,20,21)(H3,14,15,22)/t8-,9-/m0/s1. The molecule has 128 valence electrons. The third-order valence-electron chi connectivity index (χ3n) is 2.94. The van der Waals surface area contributed by atoms with Crippen molar-refractivity contribution in [1.29, 1.82) is 0 Å². The Labute approximate surface area is 128 Å². The molecule has 0 spiro atoms. The molecule has 10 nitrogen and oxygen atoms in total. The Morgan fingerprint density at radius 2 is 1.41 bits per heavy atom. The van der Waals surface area contributed by atoms with Crippen LogP contribution in [0.2, 0.25) is 0 Å². The average Bonchev–Trinajstić information content (AvgIpc) is 2.43. The monoisotopic (exact) mass is 319 g/mol. The largest absolute Gasteiger partial charge is 0.480 e. The van der Waals surface area contributed by atoms with Crippen LogP contribution >= 0.6 is 0 Å². The topological polar surface area (TPSA) is 180 Å². The number of aliphatic carboxylic acids is 2. The van der Waals surface area contributed by atoms with Crippen LogP contribution in [0.25, 0.3) is 0 Å². The quantitative estimate of drug-likeness (QED) is 0.159. The van der Waals surface area contributed by atoms with E-state index in [0.29, 0.717) is 32.2 Å². The van der Waals surface area contributed by atoms with Crippen LogP contribution < -0.4 is 27.6 Å². The van der Waals surface area contributed by atoms with Crippen LogP contribution in [-0.4, -0.2) is 53.4 Å². The number of hydrogen-bond acceptors (Lipinski definition) is 6. The first-order valence-electron chi connectivity index (χ1n) is 7.08. The second kappa shape index (κ2) is 11.7. The zero-order chi connectivity index (χ0) is 17.0. The van der Waals surface area contributed by atoms with Crippen molar-refractivity contribution in [3.8, 4) is 0 Å². The number of rotatable bonds is 13. The molecular weight excluding hydrogens is 294 g/mol. The van der Waals surface area contributed by atoms with Gasteiger partial charge >= 0.3 is 18.0 Å². The van der Waals surface area contributed by atoms with Crippen molar-refractivity contribution in [2.45, 2.75) is 44.2 Å². The molecule has 0 aliphatic rings. The summed E-state index contributed by atoms with van der Waals surface area (Å²) in [5.41, 5.74) is 15.3. The van der Waals surface area contributed by atoms with Gasteiger partial charge in [0, 0.05) is 6.54 Å². The molecule has 2 atom stereocenters. The maximum absolute atomic E-state index is 11.1. The van der Waals surface area contributed by atoms with E-state index in [0.717, 1.165) is 0 Å². The van der Waals surface area contributed by atoms with Gasteiger partial charge in [-0.15, -0.1) is 0 Å². The van der Waals surface area contributed by atoms with Gasteiger partial charge in [-0.05, 0) is 38.6 Å². The molecule has 0 radical (unpaired) electrons. The number of urea groups is 1. The lowest BCUT2D eigenvalue weighted by molar-refractivity contribution is -0.143. The van der Waals surface area contributed by atoms with E-state index in [1.807, 2.05) is 0 Å². The normalized spacial score (nSPS) is 13.3. The average molecular weight is 319 g/mol. The van der Waals surface area contributed by atoms with Crippen molar-refractivity contribution in [2.24, 2.45) is 11.5 Å². The lowest BCUT2D eigenvalue weighted by Crippen LogP contribution is -2.52. The van der Waals surface area contributed by atoms with Crippen LogP contribution in [0.3, 0.4) is 0 Å². The summed E-state index contributed by atoms with van der Waals surface area (Å²) in [6, 6.07) is -2.54.